The molecular formula is C23H26N4O2. The number of hydrogen-bond acceptors (Lipinski definition) is 4. The zero-order chi connectivity index (χ0) is 20.4. The molecule has 1 saturated carbocycles. The Balaban J connectivity index is 1.70. The predicted octanol–water partition coefficient (Wildman–Crippen LogP) is 3.50. The van der Waals surface area contributed by atoms with Crippen LogP contribution in [0.1, 0.15) is 48.0 Å². The van der Waals surface area contributed by atoms with Crippen molar-refractivity contribution in [1.82, 2.24) is 4.90 Å². The van der Waals surface area contributed by atoms with Crippen LogP contribution in [0.5, 0.6) is 0 Å². The topological polar surface area (TPSA) is 87.8 Å². The summed E-state index contributed by atoms with van der Waals surface area (Å²) in [5.41, 5.74) is 7.07. The van der Waals surface area contributed by atoms with Crippen molar-refractivity contribution >= 4 is 23.5 Å². The molecule has 1 atom stereocenters. The highest BCUT2D eigenvalue weighted by Gasteiger charge is 2.53. The third-order valence-corrected chi connectivity index (χ3v) is 6.06. The molecule has 1 heterocycles. The number of likely N-dealkylation sites (N-methyl/N-ethyl adjacent to an activating group) is 1. The number of guanidine groups is 1. The first-order valence-corrected chi connectivity index (χ1v) is 10.1. The van der Waals surface area contributed by atoms with Gasteiger partial charge in [0, 0.05) is 18.3 Å². The number of nitrogens with zero attached hydrogens (tertiary/aromatic N) is 2. The van der Waals surface area contributed by atoms with Crippen molar-refractivity contribution < 1.29 is 9.59 Å². The zero-order valence-corrected chi connectivity index (χ0v) is 16.6. The molecule has 29 heavy (non-hydrogen) atoms. The number of anilines is 1. The van der Waals surface area contributed by atoms with E-state index in [0.29, 0.717) is 11.3 Å². The maximum atomic E-state index is 13.3. The summed E-state index contributed by atoms with van der Waals surface area (Å²) in [6.07, 6.45) is 5.24. The van der Waals surface area contributed by atoms with E-state index < -0.39 is 5.54 Å². The van der Waals surface area contributed by atoms with E-state index in [9.17, 15) is 9.59 Å². The van der Waals surface area contributed by atoms with Crippen LogP contribution in [0.4, 0.5) is 5.69 Å². The van der Waals surface area contributed by atoms with Gasteiger partial charge in [-0.3, -0.25) is 14.5 Å². The second-order valence-corrected chi connectivity index (χ2v) is 7.84. The van der Waals surface area contributed by atoms with Crippen LogP contribution in [0, 0.1) is 5.92 Å². The van der Waals surface area contributed by atoms with Crippen LogP contribution in [-0.2, 0) is 10.3 Å². The number of aliphatic imine (C=N–C) groups is 1. The van der Waals surface area contributed by atoms with E-state index in [1.165, 1.54) is 11.3 Å². The van der Waals surface area contributed by atoms with Crippen molar-refractivity contribution in [3.63, 3.8) is 0 Å². The van der Waals surface area contributed by atoms with Gasteiger partial charge in [-0.25, -0.2) is 4.99 Å². The highest BCUT2D eigenvalue weighted by atomic mass is 16.2. The van der Waals surface area contributed by atoms with E-state index in [2.05, 4.69) is 5.32 Å². The highest BCUT2D eigenvalue weighted by Crippen LogP contribution is 2.46. The lowest BCUT2D eigenvalue weighted by Crippen LogP contribution is -2.45. The summed E-state index contributed by atoms with van der Waals surface area (Å²) >= 11 is 0. The summed E-state index contributed by atoms with van der Waals surface area (Å²) < 4.78 is 0. The summed E-state index contributed by atoms with van der Waals surface area (Å²) in [6, 6.07) is 16.5. The fourth-order valence-corrected chi connectivity index (χ4v) is 4.50. The van der Waals surface area contributed by atoms with E-state index in [1.54, 1.807) is 19.2 Å². The van der Waals surface area contributed by atoms with E-state index in [-0.39, 0.29) is 23.7 Å². The average molecular weight is 390 g/mol. The Kier molecular flexibility index (Phi) is 5.09. The molecule has 150 valence electrons. The third kappa shape index (κ3) is 3.39. The van der Waals surface area contributed by atoms with Gasteiger partial charge in [-0.05, 0) is 48.6 Å². The largest absolute Gasteiger partial charge is 0.369 e. The van der Waals surface area contributed by atoms with Gasteiger partial charge in [0.25, 0.3) is 11.8 Å². The molecular weight excluding hydrogens is 364 g/mol. The Labute approximate surface area is 170 Å². The second-order valence-electron chi connectivity index (χ2n) is 7.84. The van der Waals surface area contributed by atoms with Gasteiger partial charge < -0.3 is 11.1 Å². The third-order valence-electron chi connectivity index (χ3n) is 6.06. The SMILES string of the molecule is CN1C(=O)C(c2cccc(NC(=O)c3ccccc3)c2)(C2CCCCC2)N=C1N. The highest BCUT2D eigenvalue weighted by molar-refractivity contribution is 6.07. The summed E-state index contributed by atoms with van der Waals surface area (Å²) in [4.78, 5) is 32.1. The summed E-state index contributed by atoms with van der Waals surface area (Å²) in [5, 5.41) is 2.94. The molecule has 6 heteroatoms. The lowest BCUT2D eigenvalue weighted by molar-refractivity contribution is -0.133. The molecule has 0 radical (unpaired) electrons. The minimum Gasteiger partial charge on any atom is -0.369 e. The van der Waals surface area contributed by atoms with Crippen LogP contribution in [-0.4, -0.2) is 29.7 Å². The minimum absolute atomic E-state index is 0.0894. The van der Waals surface area contributed by atoms with Gasteiger partial charge in [0.05, 0.1) is 0 Å². The van der Waals surface area contributed by atoms with Crippen molar-refractivity contribution in [2.24, 2.45) is 16.6 Å². The fraction of sp³-hybridized carbons (Fsp3) is 0.348. The number of hydrogen-bond donors (Lipinski definition) is 2. The first-order chi connectivity index (χ1) is 14.0. The molecule has 2 aliphatic rings. The van der Waals surface area contributed by atoms with Gasteiger partial charge in [0.2, 0.25) is 0 Å². The summed E-state index contributed by atoms with van der Waals surface area (Å²) in [7, 11) is 1.67. The van der Waals surface area contributed by atoms with E-state index in [4.69, 9.17) is 10.7 Å². The quantitative estimate of drug-likeness (QED) is 0.837. The maximum Gasteiger partial charge on any atom is 0.261 e. The molecule has 1 unspecified atom stereocenters. The van der Waals surface area contributed by atoms with Crippen molar-refractivity contribution in [2.45, 2.75) is 37.6 Å². The molecule has 1 aliphatic heterocycles. The van der Waals surface area contributed by atoms with Crippen LogP contribution in [0.3, 0.4) is 0 Å². The average Bonchev–Trinajstić information content (AvgIpc) is 3.00. The molecule has 2 aromatic rings. The molecule has 2 amide bonds. The Morgan fingerprint density at radius 1 is 1.10 bits per heavy atom. The van der Waals surface area contributed by atoms with Crippen molar-refractivity contribution in [3.05, 3.63) is 65.7 Å². The van der Waals surface area contributed by atoms with Gasteiger partial charge in [-0.1, -0.05) is 49.6 Å². The second kappa shape index (κ2) is 7.70. The minimum atomic E-state index is -1.01. The molecule has 1 fully saturated rings. The lowest BCUT2D eigenvalue weighted by Gasteiger charge is -2.36. The van der Waals surface area contributed by atoms with E-state index in [0.717, 1.165) is 31.2 Å². The van der Waals surface area contributed by atoms with Crippen molar-refractivity contribution in [2.75, 3.05) is 12.4 Å². The van der Waals surface area contributed by atoms with Crippen LogP contribution in [0.2, 0.25) is 0 Å². The first-order valence-electron chi connectivity index (χ1n) is 10.1. The fourth-order valence-electron chi connectivity index (χ4n) is 4.50. The normalized spacial score (nSPS) is 22.4. The molecule has 2 aromatic carbocycles. The van der Waals surface area contributed by atoms with Gasteiger partial charge in [0.15, 0.2) is 11.5 Å². The number of nitrogens with two attached hydrogens (primary N) is 1. The predicted molar refractivity (Wildman–Crippen MR) is 113 cm³/mol. The zero-order valence-electron chi connectivity index (χ0n) is 16.6. The van der Waals surface area contributed by atoms with Crippen LogP contribution in [0.15, 0.2) is 59.6 Å². The van der Waals surface area contributed by atoms with Gasteiger partial charge in [0.1, 0.15) is 0 Å². The van der Waals surface area contributed by atoms with Crippen molar-refractivity contribution in [1.29, 1.82) is 0 Å². The molecule has 0 spiro atoms. The molecule has 6 nitrogen and oxygen atoms in total. The van der Waals surface area contributed by atoms with Crippen LogP contribution >= 0.6 is 0 Å². The Morgan fingerprint density at radius 2 is 1.83 bits per heavy atom. The molecule has 0 saturated heterocycles. The van der Waals surface area contributed by atoms with Gasteiger partial charge in [-0.15, -0.1) is 0 Å². The van der Waals surface area contributed by atoms with E-state index in [1.807, 2.05) is 42.5 Å². The molecule has 4 rings (SSSR count). The van der Waals surface area contributed by atoms with Gasteiger partial charge in [-0.2, -0.15) is 0 Å². The Bertz CT molecular complexity index is 950. The molecule has 0 bridgehead atoms. The Hall–Kier alpha value is -3.15. The molecule has 3 N–H and O–H groups in total. The number of benzene rings is 2. The first kappa shape index (κ1) is 19.2. The lowest BCUT2D eigenvalue weighted by atomic mass is 9.71. The number of amides is 2. The standard InChI is InChI=1S/C23H26N4O2/c1-27-21(29)23(26-22(27)24,17-11-6-3-7-12-17)18-13-8-14-19(15-18)25-20(28)16-9-4-2-5-10-16/h2,4-5,8-10,13-15,17H,3,6-7,11-12H2,1H3,(H2,24,26)(H,25,28). The maximum absolute atomic E-state index is 13.3. The summed E-state index contributed by atoms with van der Waals surface area (Å²) in [6.45, 7) is 0. The number of carbonyl (C=O) groups is 2. The molecule has 1 aliphatic carbocycles. The number of rotatable bonds is 4. The summed E-state index contributed by atoms with van der Waals surface area (Å²) in [5.74, 6) is 0.0763. The smallest absolute Gasteiger partial charge is 0.261 e. The monoisotopic (exact) mass is 390 g/mol. The number of nitrogens with one attached hydrogen (secondary N) is 1. The van der Waals surface area contributed by atoms with Gasteiger partial charge >= 0.3 is 0 Å². The molecule has 0 aromatic heterocycles. The van der Waals surface area contributed by atoms with Crippen LogP contribution < -0.4 is 11.1 Å². The van der Waals surface area contributed by atoms with Crippen LogP contribution in [0.25, 0.3) is 0 Å². The Morgan fingerprint density at radius 3 is 2.48 bits per heavy atom. The van der Waals surface area contributed by atoms with Crippen molar-refractivity contribution in [3.8, 4) is 0 Å². The number of carbonyl (C=O) groups excluding carboxylic acids is 2. The van der Waals surface area contributed by atoms with E-state index >= 15 is 0 Å².